The van der Waals surface area contributed by atoms with E-state index >= 15 is 0 Å². The van der Waals surface area contributed by atoms with Crippen molar-refractivity contribution in [2.24, 2.45) is 0 Å². The Hall–Kier alpha value is -5.36. The van der Waals surface area contributed by atoms with Gasteiger partial charge in [-0.15, -0.1) is 0 Å². The molecule has 4 bridgehead atoms. The quantitative estimate of drug-likeness (QED) is 0.254. The van der Waals surface area contributed by atoms with Gasteiger partial charge < -0.3 is 9.97 Å². The highest BCUT2D eigenvalue weighted by molar-refractivity contribution is 6.14. The molecule has 0 radical (unpaired) electrons. The van der Waals surface area contributed by atoms with Crippen molar-refractivity contribution in [3.8, 4) is 0 Å². The summed E-state index contributed by atoms with van der Waals surface area (Å²) in [5.41, 5.74) is 2.23. The molecule has 0 aliphatic heterocycles. The van der Waals surface area contributed by atoms with E-state index < -0.39 is 0 Å². The predicted octanol–water partition coefficient (Wildman–Crippen LogP) is 6.46. The van der Waals surface area contributed by atoms with Crippen LogP contribution in [-0.2, 0) is 0 Å². The van der Waals surface area contributed by atoms with Gasteiger partial charge in [-0.05, 0) is 57.9 Å². The third kappa shape index (κ3) is 3.59. The average molecular weight is 493 g/mol. The predicted molar refractivity (Wildman–Crippen MR) is 155 cm³/mol. The molecule has 0 atom stereocenters. The van der Waals surface area contributed by atoms with E-state index in [9.17, 15) is 9.59 Å². The Kier molecular flexibility index (Phi) is 4.97. The zero-order valence-corrected chi connectivity index (χ0v) is 20.1. The highest BCUT2D eigenvalue weighted by Gasteiger charge is 2.07. The minimum Gasteiger partial charge on any atom is -0.320 e. The molecule has 180 valence electrons. The number of fused-ring (bicyclic) bond motifs is 12. The highest BCUT2D eigenvalue weighted by atomic mass is 16.1. The molecule has 2 N–H and O–H groups in total. The minimum absolute atomic E-state index is 0.269. The standard InChI is InChI=1S/C32H20N4O2/c37-31-28-14-6-12-24(34-28)30-22-10-4-2-8-20(22)16-18-26(30)36-32(38)27-13-5-11-23(33-27)29-21-9-3-1-7-19(21)15-17-25(29)35-31/h1-18H,(H,35,37)(H,36,38). The van der Waals surface area contributed by atoms with Crippen LogP contribution in [0.15, 0.2) is 119 Å². The normalized spacial score (nSPS) is 11.4. The molecule has 3 heterocycles. The third-order valence-electron chi connectivity index (χ3n) is 6.83. The molecule has 7 aromatic rings. The molecular formula is C32H20N4O2. The summed E-state index contributed by atoms with van der Waals surface area (Å²) in [6, 6.07) is 34.1. The summed E-state index contributed by atoms with van der Waals surface area (Å²) >= 11 is 0. The Morgan fingerprint density at radius 2 is 0.842 bits per heavy atom. The largest absolute Gasteiger partial charge is 0.320 e. The van der Waals surface area contributed by atoms with E-state index in [-0.39, 0.29) is 22.2 Å². The van der Waals surface area contributed by atoms with Gasteiger partial charge in [-0.3, -0.25) is 9.59 Å². The number of nitrogens with zero attached hydrogens (tertiary/aromatic N) is 2. The Morgan fingerprint density at radius 1 is 0.421 bits per heavy atom. The lowest BCUT2D eigenvalue weighted by Crippen LogP contribution is -2.06. The van der Waals surface area contributed by atoms with Gasteiger partial charge in [0.2, 0.25) is 0 Å². The summed E-state index contributed by atoms with van der Waals surface area (Å²) in [5, 5.41) is 5.32. The Bertz CT molecular complexity index is 2140. The molecule has 6 nitrogen and oxygen atoms in total. The van der Waals surface area contributed by atoms with Gasteiger partial charge in [-0.2, -0.15) is 0 Å². The van der Waals surface area contributed by atoms with Crippen molar-refractivity contribution in [2.45, 2.75) is 0 Å². The number of hydrogen-bond acceptors (Lipinski definition) is 4. The van der Waals surface area contributed by atoms with E-state index in [1.807, 2.05) is 97.1 Å². The van der Waals surface area contributed by atoms with Gasteiger partial charge in [0.1, 0.15) is 11.0 Å². The van der Waals surface area contributed by atoms with Gasteiger partial charge in [-0.1, -0.05) is 72.8 Å². The first-order valence-electron chi connectivity index (χ1n) is 12.3. The summed E-state index contributed by atoms with van der Waals surface area (Å²) < 4.78 is 0. The van der Waals surface area contributed by atoms with Crippen molar-refractivity contribution in [3.05, 3.63) is 130 Å². The second-order valence-corrected chi connectivity index (χ2v) is 9.14. The molecule has 0 aliphatic carbocycles. The molecule has 3 aromatic heterocycles. The van der Waals surface area contributed by atoms with Crippen LogP contribution in [0.3, 0.4) is 0 Å². The average Bonchev–Trinajstić information content (AvgIpc) is 2.96. The molecule has 6 heteroatoms. The van der Waals surface area contributed by atoms with Crippen LogP contribution < -0.4 is 11.1 Å². The fraction of sp³-hybridized carbons (Fsp3) is 0. The van der Waals surface area contributed by atoms with Crippen molar-refractivity contribution in [3.63, 3.8) is 0 Å². The molecule has 0 amide bonds. The number of aromatic nitrogens is 4. The summed E-state index contributed by atoms with van der Waals surface area (Å²) in [6.45, 7) is 0. The van der Waals surface area contributed by atoms with Crippen LogP contribution in [0.2, 0.25) is 0 Å². The van der Waals surface area contributed by atoms with E-state index in [1.165, 1.54) is 0 Å². The van der Waals surface area contributed by atoms with Crippen molar-refractivity contribution in [2.75, 3.05) is 0 Å². The molecule has 0 saturated carbocycles. The maximum absolute atomic E-state index is 13.5. The zero-order valence-electron chi connectivity index (χ0n) is 20.1. The van der Waals surface area contributed by atoms with Crippen LogP contribution in [0, 0.1) is 0 Å². The van der Waals surface area contributed by atoms with E-state index in [0.29, 0.717) is 22.1 Å². The SMILES string of the molecule is O=c1[nH]c2ccc3ccccc3c2c2cccc(n2)c(=O)[nH]c2ccc3ccccc3c2c2cccc1n2. The van der Waals surface area contributed by atoms with Crippen molar-refractivity contribution in [1.82, 2.24) is 19.9 Å². The van der Waals surface area contributed by atoms with Crippen molar-refractivity contribution < 1.29 is 0 Å². The summed E-state index contributed by atoms with van der Waals surface area (Å²) in [4.78, 5) is 42.7. The zero-order chi connectivity index (χ0) is 25.6. The first-order valence-corrected chi connectivity index (χ1v) is 12.3. The molecule has 0 saturated heterocycles. The molecule has 0 aliphatic rings. The number of nitrogens with one attached hydrogen (secondary N) is 2. The lowest BCUT2D eigenvalue weighted by Gasteiger charge is -2.05. The Balaban J connectivity index is 1.80. The fourth-order valence-electron chi connectivity index (χ4n) is 5.08. The van der Waals surface area contributed by atoms with Crippen LogP contribution in [-0.4, -0.2) is 19.9 Å². The van der Waals surface area contributed by atoms with Crippen LogP contribution in [0.1, 0.15) is 0 Å². The van der Waals surface area contributed by atoms with Gasteiger partial charge in [0.05, 0.1) is 22.1 Å². The van der Waals surface area contributed by atoms with Gasteiger partial charge >= 0.3 is 0 Å². The van der Waals surface area contributed by atoms with Crippen LogP contribution in [0.4, 0.5) is 0 Å². The van der Waals surface area contributed by atoms with E-state index in [1.54, 1.807) is 12.1 Å². The lowest BCUT2D eigenvalue weighted by atomic mass is 10.0. The van der Waals surface area contributed by atoms with Crippen LogP contribution >= 0.6 is 0 Å². The Labute approximate surface area is 215 Å². The first-order chi connectivity index (χ1) is 18.7. The van der Waals surface area contributed by atoms with Crippen molar-refractivity contribution >= 4 is 65.4 Å². The summed E-state index contributed by atoms with van der Waals surface area (Å²) in [6.07, 6.45) is 0. The number of rotatable bonds is 0. The smallest absolute Gasteiger partial charge is 0.274 e. The second-order valence-electron chi connectivity index (χ2n) is 9.14. The monoisotopic (exact) mass is 492 g/mol. The molecule has 0 spiro atoms. The second kappa shape index (κ2) is 8.64. The summed E-state index contributed by atoms with van der Waals surface area (Å²) in [7, 11) is 0. The number of aromatic amines is 2. The molecule has 0 fully saturated rings. The fourth-order valence-corrected chi connectivity index (χ4v) is 5.08. The number of pyridine rings is 2. The maximum Gasteiger partial charge on any atom is 0.274 e. The number of benzene rings is 4. The molecule has 7 rings (SSSR count). The third-order valence-corrected chi connectivity index (χ3v) is 6.83. The van der Waals surface area contributed by atoms with Gasteiger partial charge in [-0.25, -0.2) is 9.97 Å². The molecule has 0 unspecified atom stereocenters. The van der Waals surface area contributed by atoms with E-state index in [0.717, 1.165) is 32.3 Å². The van der Waals surface area contributed by atoms with Crippen LogP contribution in [0.5, 0.6) is 0 Å². The van der Waals surface area contributed by atoms with Gasteiger partial charge in [0.15, 0.2) is 0 Å². The van der Waals surface area contributed by atoms with Gasteiger partial charge in [0, 0.05) is 10.8 Å². The number of H-pyrrole nitrogens is 2. The lowest BCUT2D eigenvalue weighted by molar-refractivity contribution is 1.30. The Morgan fingerprint density at radius 3 is 1.32 bits per heavy atom. The number of hydrogen-bond donors (Lipinski definition) is 2. The molecular weight excluding hydrogens is 472 g/mol. The highest BCUT2D eigenvalue weighted by Crippen LogP contribution is 2.27. The molecule has 4 aromatic carbocycles. The summed E-state index contributed by atoms with van der Waals surface area (Å²) in [5.74, 6) is 0. The minimum atomic E-state index is -0.331. The first kappa shape index (κ1) is 21.9. The van der Waals surface area contributed by atoms with E-state index in [2.05, 4.69) is 9.97 Å². The molecule has 38 heavy (non-hydrogen) atoms. The van der Waals surface area contributed by atoms with E-state index in [4.69, 9.17) is 9.97 Å². The van der Waals surface area contributed by atoms with Gasteiger partial charge in [0.25, 0.3) is 11.1 Å². The van der Waals surface area contributed by atoms with Crippen LogP contribution in [0.25, 0.3) is 65.4 Å². The topological polar surface area (TPSA) is 91.5 Å². The van der Waals surface area contributed by atoms with Crippen molar-refractivity contribution in [1.29, 1.82) is 0 Å². The maximum atomic E-state index is 13.5.